The smallest absolute Gasteiger partial charge is 0.276 e. The number of anilines is 1. The Hall–Kier alpha value is -1.47. The Labute approximate surface area is 108 Å². The van der Waals surface area contributed by atoms with Crippen molar-refractivity contribution in [2.45, 2.75) is 0 Å². The molecular weight excluding hydrogens is 264 g/mol. The molecule has 0 saturated heterocycles. The van der Waals surface area contributed by atoms with Crippen molar-refractivity contribution in [2.24, 2.45) is 10.1 Å². The summed E-state index contributed by atoms with van der Waals surface area (Å²) in [4.78, 5) is 25.6. The molecule has 0 aliphatic carbocycles. The van der Waals surface area contributed by atoms with Gasteiger partial charge in [0, 0.05) is 14.1 Å². The number of halogens is 1. The van der Waals surface area contributed by atoms with E-state index < -0.39 is 5.24 Å². The number of hydrogen-bond donors (Lipinski definition) is 0. The van der Waals surface area contributed by atoms with Crippen molar-refractivity contribution in [3.8, 4) is 0 Å². The van der Waals surface area contributed by atoms with E-state index in [0.29, 0.717) is 10.1 Å². The fourth-order valence-corrected chi connectivity index (χ4v) is 1.94. The highest BCUT2D eigenvalue weighted by Crippen LogP contribution is 2.33. The van der Waals surface area contributed by atoms with Crippen LogP contribution in [0, 0.1) is 0 Å². The summed E-state index contributed by atoms with van der Waals surface area (Å²) in [5.41, 5.74) is 0.191. The molecular formula is C9H11ClN4O2S. The zero-order valence-electron chi connectivity index (χ0n) is 9.60. The second-order valence-electron chi connectivity index (χ2n) is 3.10. The van der Waals surface area contributed by atoms with E-state index >= 15 is 0 Å². The Morgan fingerprint density at radius 1 is 1.59 bits per heavy atom. The van der Waals surface area contributed by atoms with Crippen molar-refractivity contribution >= 4 is 50.7 Å². The van der Waals surface area contributed by atoms with Crippen LogP contribution < -0.4 is 4.90 Å². The van der Waals surface area contributed by atoms with E-state index in [4.69, 9.17) is 11.6 Å². The Balaban J connectivity index is 3.32. The summed E-state index contributed by atoms with van der Waals surface area (Å²) >= 11 is 6.69. The lowest BCUT2D eigenvalue weighted by molar-refractivity contribution is -0.106. The van der Waals surface area contributed by atoms with Gasteiger partial charge in [0.15, 0.2) is 10.8 Å². The topological polar surface area (TPSA) is 67.2 Å². The normalized spacial score (nSPS) is 11.2. The van der Waals surface area contributed by atoms with Crippen molar-refractivity contribution < 1.29 is 9.63 Å². The lowest BCUT2D eigenvalue weighted by Crippen LogP contribution is -2.13. The van der Waals surface area contributed by atoms with Crippen molar-refractivity contribution in [3.63, 3.8) is 0 Å². The van der Waals surface area contributed by atoms with E-state index in [0.717, 1.165) is 0 Å². The minimum absolute atomic E-state index is 0.0825. The molecule has 6 nitrogen and oxygen atoms in total. The summed E-state index contributed by atoms with van der Waals surface area (Å²) < 4.78 is 0. The van der Waals surface area contributed by atoms with E-state index in [2.05, 4.69) is 26.7 Å². The first kappa shape index (κ1) is 13.6. The molecule has 8 heteroatoms. The van der Waals surface area contributed by atoms with Crippen LogP contribution in [0.15, 0.2) is 10.1 Å². The van der Waals surface area contributed by atoms with Gasteiger partial charge in [-0.2, -0.15) is 0 Å². The Morgan fingerprint density at radius 3 is 2.65 bits per heavy atom. The molecule has 0 fully saturated rings. The molecule has 0 spiro atoms. The molecule has 0 unspecified atom stereocenters. The summed E-state index contributed by atoms with van der Waals surface area (Å²) in [6.07, 6.45) is 0. The third-order valence-corrected chi connectivity index (χ3v) is 3.05. The molecule has 1 heterocycles. The van der Waals surface area contributed by atoms with Gasteiger partial charge < -0.3 is 9.74 Å². The van der Waals surface area contributed by atoms with Crippen LogP contribution in [0.5, 0.6) is 0 Å². The van der Waals surface area contributed by atoms with Gasteiger partial charge in [-0.15, -0.1) is 0 Å². The van der Waals surface area contributed by atoms with Gasteiger partial charge in [0.25, 0.3) is 5.24 Å². The minimum Gasteiger partial charge on any atom is -0.398 e. The van der Waals surface area contributed by atoms with Crippen LogP contribution in [-0.4, -0.2) is 43.9 Å². The number of hydrogen-bond acceptors (Lipinski definition) is 7. The van der Waals surface area contributed by atoms with Crippen molar-refractivity contribution in [2.75, 3.05) is 26.1 Å². The van der Waals surface area contributed by atoms with Crippen LogP contribution in [0.2, 0.25) is 0 Å². The third-order valence-electron chi connectivity index (χ3n) is 1.72. The predicted octanol–water partition coefficient (Wildman–Crippen LogP) is 1.66. The number of carbonyl (C=O) groups excluding carboxylic acids is 1. The van der Waals surface area contributed by atoms with E-state index in [1.165, 1.54) is 18.4 Å². The van der Waals surface area contributed by atoms with E-state index in [-0.39, 0.29) is 11.4 Å². The average Bonchev–Trinajstić information content (AvgIpc) is 2.69. The first-order chi connectivity index (χ1) is 8.01. The van der Waals surface area contributed by atoms with Crippen LogP contribution in [0.25, 0.3) is 0 Å². The fourth-order valence-electron chi connectivity index (χ4n) is 1.02. The number of carbonyl (C=O) groups is 1. The average molecular weight is 275 g/mol. The summed E-state index contributed by atoms with van der Waals surface area (Å²) in [6, 6.07) is 0. The maximum atomic E-state index is 11.2. The van der Waals surface area contributed by atoms with Crippen LogP contribution >= 0.6 is 22.9 Å². The van der Waals surface area contributed by atoms with Gasteiger partial charge in [0.2, 0.25) is 0 Å². The molecule has 0 bridgehead atoms. The number of rotatable bonds is 5. The summed E-state index contributed by atoms with van der Waals surface area (Å²) in [5, 5.41) is 3.93. The molecule has 0 N–H and O–H groups in total. The highest BCUT2D eigenvalue weighted by molar-refractivity contribution is 7.19. The summed E-state index contributed by atoms with van der Waals surface area (Å²) in [7, 11) is 4.97. The molecule has 92 valence electrons. The van der Waals surface area contributed by atoms with Gasteiger partial charge in [-0.1, -0.05) is 16.5 Å². The monoisotopic (exact) mass is 274 g/mol. The van der Waals surface area contributed by atoms with Crippen LogP contribution in [0.3, 0.4) is 0 Å². The van der Waals surface area contributed by atoms with Crippen LogP contribution in [0.1, 0.15) is 5.69 Å². The van der Waals surface area contributed by atoms with E-state index in [1.54, 1.807) is 4.90 Å². The molecule has 0 radical (unpaired) electrons. The third kappa shape index (κ3) is 3.01. The van der Waals surface area contributed by atoms with Crippen LogP contribution in [-0.2, 0) is 9.63 Å². The summed E-state index contributed by atoms with van der Waals surface area (Å²) in [5.74, 6) is 0. The fraction of sp³-hybridized carbons (Fsp3) is 0.333. The zero-order chi connectivity index (χ0) is 13.0. The molecule has 1 rings (SSSR count). The lowest BCUT2D eigenvalue weighted by atomic mass is 10.3. The van der Waals surface area contributed by atoms with Crippen molar-refractivity contribution in [3.05, 3.63) is 5.69 Å². The number of aromatic nitrogens is 1. The second kappa shape index (κ2) is 5.74. The highest BCUT2D eigenvalue weighted by Gasteiger charge is 2.22. The highest BCUT2D eigenvalue weighted by atomic mass is 35.5. The Bertz CT molecular complexity index is 470. The van der Waals surface area contributed by atoms with E-state index in [1.807, 2.05) is 14.1 Å². The standard InChI is InChI=1S/C9H11ClN4O2S/c1-11-8-6(5(7(10)15)13-16-4)12-9(17-8)14(2)3/h1H2,2-4H3/b13-5-. The van der Waals surface area contributed by atoms with Gasteiger partial charge in [0.1, 0.15) is 17.8 Å². The van der Waals surface area contributed by atoms with E-state index in [9.17, 15) is 4.79 Å². The molecule has 0 atom stereocenters. The molecule has 1 aromatic heterocycles. The number of thiazole rings is 1. The first-order valence-electron chi connectivity index (χ1n) is 4.47. The Kier molecular flexibility index (Phi) is 4.59. The first-order valence-corrected chi connectivity index (χ1v) is 5.67. The largest absolute Gasteiger partial charge is 0.398 e. The molecule has 1 aromatic rings. The summed E-state index contributed by atoms with van der Waals surface area (Å²) in [6.45, 7) is 3.42. The number of aliphatic imine (C=N–C) groups is 1. The molecule has 0 aliphatic rings. The van der Waals surface area contributed by atoms with Crippen LogP contribution in [0.4, 0.5) is 10.1 Å². The van der Waals surface area contributed by atoms with Gasteiger partial charge in [-0.25, -0.2) is 4.98 Å². The molecule has 0 saturated carbocycles. The number of oxime groups is 1. The quantitative estimate of drug-likeness (QED) is 0.465. The minimum atomic E-state index is -0.757. The van der Waals surface area contributed by atoms with Gasteiger partial charge in [-0.3, -0.25) is 9.79 Å². The second-order valence-corrected chi connectivity index (χ2v) is 4.40. The maximum absolute atomic E-state index is 11.2. The molecule has 0 aromatic carbocycles. The molecule has 17 heavy (non-hydrogen) atoms. The van der Waals surface area contributed by atoms with Crippen molar-refractivity contribution in [1.29, 1.82) is 0 Å². The zero-order valence-corrected chi connectivity index (χ0v) is 11.2. The SMILES string of the molecule is C=Nc1sc(N(C)C)nc1/C(=N/OC)C(=O)Cl. The molecule has 0 amide bonds. The predicted molar refractivity (Wildman–Crippen MR) is 70.1 cm³/mol. The Morgan fingerprint density at radius 2 is 2.24 bits per heavy atom. The molecule has 0 aliphatic heterocycles. The van der Waals surface area contributed by atoms with Crippen molar-refractivity contribution in [1.82, 2.24) is 4.98 Å². The van der Waals surface area contributed by atoms with Gasteiger partial charge in [-0.05, 0) is 18.3 Å². The number of nitrogens with zero attached hydrogens (tertiary/aromatic N) is 4. The van der Waals surface area contributed by atoms with Gasteiger partial charge in [0.05, 0.1) is 0 Å². The maximum Gasteiger partial charge on any atom is 0.276 e. The lowest BCUT2D eigenvalue weighted by Gasteiger charge is -2.05. The van der Waals surface area contributed by atoms with Gasteiger partial charge >= 0.3 is 0 Å².